The molecule has 6 nitrogen and oxygen atoms in total. The Morgan fingerprint density at radius 2 is 2.11 bits per heavy atom. The van der Waals surface area contributed by atoms with E-state index in [0.29, 0.717) is 11.2 Å². The summed E-state index contributed by atoms with van der Waals surface area (Å²) in [6, 6.07) is 3.59. The maximum absolute atomic E-state index is 11.9. The quantitative estimate of drug-likeness (QED) is 0.639. The number of pyridine rings is 2. The van der Waals surface area contributed by atoms with Crippen molar-refractivity contribution in [1.82, 2.24) is 9.97 Å². The molecule has 0 atom stereocenters. The molecule has 0 bridgehead atoms. The lowest BCUT2D eigenvalue weighted by Gasteiger charge is -2.27. The number of aliphatic hydroxyl groups excluding tert-OH is 2. The number of aromatic nitrogens is 2. The second-order valence-electron chi connectivity index (χ2n) is 4.89. The second-order valence-corrected chi connectivity index (χ2v) is 4.89. The summed E-state index contributed by atoms with van der Waals surface area (Å²) in [7, 11) is 0. The number of fused-ring (bicyclic) bond motifs is 1. The van der Waals surface area contributed by atoms with Gasteiger partial charge < -0.3 is 20.5 Å². The van der Waals surface area contributed by atoms with E-state index in [1.807, 2.05) is 13.0 Å². The number of H-pyrrole nitrogens is 1. The van der Waals surface area contributed by atoms with Gasteiger partial charge in [-0.05, 0) is 31.4 Å². The van der Waals surface area contributed by atoms with Gasteiger partial charge >= 0.3 is 0 Å². The van der Waals surface area contributed by atoms with Crippen LogP contribution in [0.2, 0.25) is 0 Å². The predicted octanol–water partition coefficient (Wildman–Crippen LogP) is 0.387. The van der Waals surface area contributed by atoms with Crippen LogP contribution in [0.4, 0.5) is 5.82 Å². The fourth-order valence-corrected chi connectivity index (χ4v) is 1.85. The fourth-order valence-electron chi connectivity index (χ4n) is 1.85. The summed E-state index contributed by atoms with van der Waals surface area (Å²) >= 11 is 0. The number of nitrogens with zero attached hydrogens (tertiary/aromatic N) is 1. The molecule has 0 saturated carbocycles. The normalized spacial score (nSPS) is 11.8. The third-order valence-corrected chi connectivity index (χ3v) is 3.00. The molecule has 6 heteroatoms. The van der Waals surface area contributed by atoms with Crippen molar-refractivity contribution in [1.29, 1.82) is 0 Å². The van der Waals surface area contributed by atoms with Crippen molar-refractivity contribution in [3.05, 3.63) is 34.4 Å². The van der Waals surface area contributed by atoms with Gasteiger partial charge in [-0.1, -0.05) is 0 Å². The van der Waals surface area contributed by atoms with Gasteiger partial charge in [0.2, 0.25) is 0 Å². The molecule has 0 saturated heterocycles. The van der Waals surface area contributed by atoms with Crippen molar-refractivity contribution >= 4 is 16.6 Å². The third-order valence-electron chi connectivity index (χ3n) is 3.00. The van der Waals surface area contributed by atoms with Crippen LogP contribution in [0.1, 0.15) is 12.6 Å². The highest BCUT2D eigenvalue weighted by molar-refractivity contribution is 5.91. The van der Waals surface area contributed by atoms with E-state index in [-0.39, 0.29) is 18.8 Å². The number of aryl methyl sites for hydroxylation is 1. The van der Waals surface area contributed by atoms with E-state index in [1.54, 1.807) is 19.2 Å². The molecule has 102 valence electrons. The van der Waals surface area contributed by atoms with Gasteiger partial charge in [0.15, 0.2) is 0 Å². The van der Waals surface area contributed by atoms with Gasteiger partial charge in [0.1, 0.15) is 5.82 Å². The van der Waals surface area contributed by atoms with Crippen LogP contribution in [0, 0.1) is 6.92 Å². The van der Waals surface area contributed by atoms with E-state index in [0.717, 1.165) is 11.1 Å². The average molecular weight is 263 g/mol. The molecule has 0 fully saturated rings. The first-order valence-corrected chi connectivity index (χ1v) is 5.98. The zero-order valence-electron chi connectivity index (χ0n) is 10.9. The number of aromatic amines is 1. The predicted molar refractivity (Wildman–Crippen MR) is 73.3 cm³/mol. The highest BCUT2D eigenvalue weighted by atomic mass is 16.3. The molecule has 0 aliphatic heterocycles. The fraction of sp³-hybridized carbons (Fsp3) is 0.385. The molecule has 0 aliphatic carbocycles. The molecule has 0 aromatic carbocycles. The van der Waals surface area contributed by atoms with Crippen molar-refractivity contribution in [3.8, 4) is 0 Å². The topological polar surface area (TPSA) is 98.2 Å². The average Bonchev–Trinajstić information content (AvgIpc) is 2.38. The van der Waals surface area contributed by atoms with Crippen molar-refractivity contribution in [2.24, 2.45) is 0 Å². The van der Waals surface area contributed by atoms with Crippen LogP contribution in [-0.4, -0.2) is 38.9 Å². The van der Waals surface area contributed by atoms with E-state index in [1.165, 1.54) is 0 Å². The molecular weight excluding hydrogens is 246 g/mol. The molecule has 2 aromatic heterocycles. The summed E-state index contributed by atoms with van der Waals surface area (Å²) in [5.41, 5.74) is -0.444. The molecular formula is C13H17N3O3. The van der Waals surface area contributed by atoms with Crippen molar-refractivity contribution in [3.63, 3.8) is 0 Å². The molecule has 0 amide bonds. The van der Waals surface area contributed by atoms with Crippen LogP contribution >= 0.6 is 0 Å². The summed E-state index contributed by atoms with van der Waals surface area (Å²) in [6.45, 7) is 2.93. The molecule has 0 radical (unpaired) electrons. The third kappa shape index (κ3) is 2.59. The molecule has 2 rings (SSSR count). The van der Waals surface area contributed by atoms with Crippen LogP contribution in [0.15, 0.2) is 23.1 Å². The Hall–Kier alpha value is -1.92. The first-order chi connectivity index (χ1) is 8.99. The minimum atomic E-state index is -0.935. The van der Waals surface area contributed by atoms with Crippen molar-refractivity contribution < 1.29 is 10.2 Å². The van der Waals surface area contributed by atoms with Crippen LogP contribution in [0.5, 0.6) is 0 Å². The highest BCUT2D eigenvalue weighted by Gasteiger charge is 2.24. The Kier molecular flexibility index (Phi) is 3.55. The lowest BCUT2D eigenvalue weighted by molar-refractivity contribution is 0.147. The molecule has 19 heavy (non-hydrogen) atoms. The van der Waals surface area contributed by atoms with Gasteiger partial charge in [-0.3, -0.25) is 4.79 Å². The molecule has 2 heterocycles. The van der Waals surface area contributed by atoms with Gasteiger partial charge in [0.05, 0.1) is 24.1 Å². The zero-order chi connectivity index (χ0) is 14.0. The summed E-state index contributed by atoms with van der Waals surface area (Å²) in [5.74, 6) is 0.363. The van der Waals surface area contributed by atoms with E-state index < -0.39 is 5.54 Å². The van der Waals surface area contributed by atoms with Gasteiger partial charge in [-0.2, -0.15) is 0 Å². The minimum absolute atomic E-state index is 0.259. The van der Waals surface area contributed by atoms with Crippen LogP contribution in [0.3, 0.4) is 0 Å². The first kappa shape index (κ1) is 13.5. The Morgan fingerprint density at radius 3 is 2.74 bits per heavy atom. The highest BCUT2D eigenvalue weighted by Crippen LogP contribution is 2.21. The van der Waals surface area contributed by atoms with E-state index in [2.05, 4.69) is 15.3 Å². The smallest absolute Gasteiger partial charge is 0.259 e. The Balaban J connectivity index is 2.63. The van der Waals surface area contributed by atoms with Crippen molar-refractivity contribution in [2.45, 2.75) is 19.4 Å². The summed E-state index contributed by atoms with van der Waals surface area (Å²) < 4.78 is 0. The van der Waals surface area contributed by atoms with Crippen LogP contribution in [-0.2, 0) is 0 Å². The SMILES string of the molecule is Cc1cc2cc[nH]c(=O)c2c(NC(C)(CO)CO)n1. The molecule has 2 aromatic rings. The summed E-state index contributed by atoms with van der Waals surface area (Å²) in [4.78, 5) is 18.8. The molecule has 0 aliphatic rings. The van der Waals surface area contributed by atoms with Gasteiger partial charge in [-0.15, -0.1) is 0 Å². The maximum Gasteiger partial charge on any atom is 0.259 e. The number of aliphatic hydroxyl groups is 2. The largest absolute Gasteiger partial charge is 0.394 e. The standard InChI is InChI=1S/C13H17N3O3/c1-8-5-9-3-4-14-12(19)10(9)11(15-8)16-13(2,6-17)7-18/h3-5,17-18H,6-7H2,1-2H3,(H,14,19)(H,15,16). The van der Waals surface area contributed by atoms with Crippen LogP contribution < -0.4 is 10.9 Å². The Labute approximate surface area is 110 Å². The lowest BCUT2D eigenvalue weighted by atomic mass is 10.0. The Morgan fingerprint density at radius 1 is 1.42 bits per heavy atom. The maximum atomic E-state index is 11.9. The second kappa shape index (κ2) is 4.99. The Bertz CT molecular complexity index is 647. The number of hydrogen-bond acceptors (Lipinski definition) is 5. The van der Waals surface area contributed by atoms with Gasteiger partial charge in [0, 0.05) is 11.9 Å². The van der Waals surface area contributed by atoms with Gasteiger partial charge in [0.25, 0.3) is 5.56 Å². The lowest BCUT2D eigenvalue weighted by Crippen LogP contribution is -2.43. The monoisotopic (exact) mass is 263 g/mol. The number of rotatable bonds is 4. The number of hydrogen-bond donors (Lipinski definition) is 4. The van der Waals surface area contributed by atoms with E-state index in [4.69, 9.17) is 0 Å². The van der Waals surface area contributed by atoms with Crippen molar-refractivity contribution in [2.75, 3.05) is 18.5 Å². The van der Waals surface area contributed by atoms with Gasteiger partial charge in [-0.25, -0.2) is 4.98 Å². The molecule has 0 unspecified atom stereocenters. The number of nitrogens with one attached hydrogen (secondary N) is 2. The van der Waals surface area contributed by atoms with E-state index in [9.17, 15) is 15.0 Å². The zero-order valence-corrected chi connectivity index (χ0v) is 10.9. The summed E-state index contributed by atoms with van der Waals surface area (Å²) in [5, 5.41) is 22.8. The van der Waals surface area contributed by atoms with E-state index >= 15 is 0 Å². The first-order valence-electron chi connectivity index (χ1n) is 5.98. The molecule has 4 N–H and O–H groups in total. The summed E-state index contributed by atoms with van der Waals surface area (Å²) in [6.07, 6.45) is 1.57. The van der Waals surface area contributed by atoms with Crippen LogP contribution in [0.25, 0.3) is 10.8 Å². The molecule has 0 spiro atoms. The number of anilines is 1. The minimum Gasteiger partial charge on any atom is -0.394 e.